The highest BCUT2D eigenvalue weighted by Crippen LogP contribution is 2.32. The second-order valence-corrected chi connectivity index (χ2v) is 10.2. The third kappa shape index (κ3) is 5.02. The molecule has 0 N–H and O–H groups in total. The molecule has 3 amide bonds. The van der Waals surface area contributed by atoms with Gasteiger partial charge in [-0.05, 0) is 51.0 Å². The maximum Gasteiger partial charge on any atom is 0.410 e. The largest absolute Gasteiger partial charge is 0.444 e. The molecule has 7 nitrogen and oxygen atoms in total. The summed E-state index contributed by atoms with van der Waals surface area (Å²) in [6, 6.07) is 9.45. The molecule has 0 aliphatic carbocycles. The molecule has 7 heteroatoms. The number of carbonyl (C=O) groups excluding carboxylic acids is 3. The number of likely N-dealkylation sites (tertiary alicyclic amines) is 3. The molecule has 3 atom stereocenters. The summed E-state index contributed by atoms with van der Waals surface area (Å²) in [6.45, 7) is 8.61. The molecule has 2 unspecified atom stereocenters. The zero-order chi connectivity index (χ0) is 22.2. The van der Waals surface area contributed by atoms with Gasteiger partial charge >= 0.3 is 6.09 Å². The zero-order valence-electron chi connectivity index (χ0n) is 18.8. The van der Waals surface area contributed by atoms with Gasteiger partial charge in [0, 0.05) is 39.1 Å². The molecule has 0 aromatic heterocycles. The lowest BCUT2D eigenvalue weighted by Gasteiger charge is -2.46. The Hall–Kier alpha value is -2.57. The molecule has 31 heavy (non-hydrogen) atoms. The van der Waals surface area contributed by atoms with Crippen LogP contribution in [0.4, 0.5) is 4.79 Å². The van der Waals surface area contributed by atoms with Gasteiger partial charge in [0.05, 0.1) is 0 Å². The first-order valence-electron chi connectivity index (χ1n) is 11.3. The van der Waals surface area contributed by atoms with Crippen LogP contribution in [0.25, 0.3) is 0 Å². The van der Waals surface area contributed by atoms with Crippen LogP contribution < -0.4 is 0 Å². The number of hydrogen-bond acceptors (Lipinski definition) is 4. The molecule has 0 spiro atoms. The van der Waals surface area contributed by atoms with E-state index in [0.29, 0.717) is 45.6 Å². The molecule has 168 valence electrons. The first-order valence-corrected chi connectivity index (χ1v) is 11.3. The van der Waals surface area contributed by atoms with E-state index in [9.17, 15) is 14.4 Å². The second-order valence-electron chi connectivity index (χ2n) is 10.2. The molecule has 3 aliphatic rings. The summed E-state index contributed by atoms with van der Waals surface area (Å²) in [5.74, 6) is 0.616. The smallest absolute Gasteiger partial charge is 0.410 e. The molecule has 1 aromatic carbocycles. The first-order chi connectivity index (χ1) is 14.7. The molecule has 3 heterocycles. The van der Waals surface area contributed by atoms with Gasteiger partial charge in [-0.25, -0.2) is 4.79 Å². The van der Waals surface area contributed by atoms with Gasteiger partial charge in [-0.15, -0.1) is 0 Å². The number of amides is 3. The van der Waals surface area contributed by atoms with Crippen molar-refractivity contribution in [2.45, 2.75) is 58.2 Å². The van der Waals surface area contributed by atoms with Crippen LogP contribution in [0.1, 0.15) is 45.6 Å². The number of rotatable bonds is 3. The Kier molecular flexibility index (Phi) is 5.95. The Morgan fingerprint density at radius 1 is 1.00 bits per heavy atom. The number of fused-ring (bicyclic) bond motifs is 2. The number of nitrogens with zero attached hydrogens (tertiary/aromatic N) is 3. The van der Waals surface area contributed by atoms with Crippen LogP contribution in [0, 0.1) is 11.8 Å². The predicted molar refractivity (Wildman–Crippen MR) is 116 cm³/mol. The van der Waals surface area contributed by atoms with Crippen LogP contribution in [0.5, 0.6) is 0 Å². The maximum absolute atomic E-state index is 13.4. The minimum absolute atomic E-state index is 0.0514. The van der Waals surface area contributed by atoms with Crippen LogP contribution in [0.3, 0.4) is 0 Å². The van der Waals surface area contributed by atoms with Gasteiger partial charge in [0.25, 0.3) is 0 Å². The Balaban J connectivity index is 1.39. The van der Waals surface area contributed by atoms with Crippen molar-refractivity contribution in [2.24, 2.45) is 11.8 Å². The fourth-order valence-electron chi connectivity index (χ4n) is 5.12. The van der Waals surface area contributed by atoms with Gasteiger partial charge in [-0.3, -0.25) is 9.59 Å². The summed E-state index contributed by atoms with van der Waals surface area (Å²) in [6.07, 6.45) is 1.77. The standard InChI is InChI=1S/C24H33N3O4/c1-24(2,3)31-23(30)26-14-18-11-19(15-26)13-25(12-18)22(29)20-9-10-21(28)27(20)16-17-7-5-4-6-8-17/h4-8,18-20H,9-16H2,1-3H3/t18?,19?,20-/m0/s1. The van der Waals surface area contributed by atoms with E-state index in [4.69, 9.17) is 4.74 Å². The van der Waals surface area contributed by atoms with E-state index < -0.39 is 5.60 Å². The van der Waals surface area contributed by atoms with Crippen molar-refractivity contribution in [1.82, 2.24) is 14.7 Å². The molecule has 1 aromatic rings. The lowest BCUT2D eigenvalue weighted by atomic mass is 9.84. The van der Waals surface area contributed by atoms with E-state index >= 15 is 0 Å². The molecular formula is C24H33N3O4. The molecule has 0 radical (unpaired) electrons. The van der Waals surface area contributed by atoms with E-state index in [1.54, 1.807) is 9.80 Å². The fraction of sp³-hybridized carbons (Fsp3) is 0.625. The number of ether oxygens (including phenoxy) is 1. The maximum atomic E-state index is 13.4. The van der Waals surface area contributed by atoms with Crippen LogP contribution in [-0.4, -0.2) is 70.4 Å². The molecule has 4 rings (SSSR count). The highest BCUT2D eigenvalue weighted by molar-refractivity contribution is 5.91. The molecule has 2 bridgehead atoms. The predicted octanol–water partition coefficient (Wildman–Crippen LogP) is 2.89. The topological polar surface area (TPSA) is 70.2 Å². The summed E-state index contributed by atoms with van der Waals surface area (Å²) in [4.78, 5) is 43.9. The van der Waals surface area contributed by atoms with Gasteiger partial charge in [-0.2, -0.15) is 0 Å². The summed E-state index contributed by atoms with van der Waals surface area (Å²) in [5, 5.41) is 0. The van der Waals surface area contributed by atoms with Gasteiger partial charge in [0.1, 0.15) is 11.6 Å². The number of piperidine rings is 2. The van der Waals surface area contributed by atoms with Crippen molar-refractivity contribution < 1.29 is 19.1 Å². The van der Waals surface area contributed by atoms with Crippen molar-refractivity contribution in [1.29, 1.82) is 0 Å². The Morgan fingerprint density at radius 2 is 1.61 bits per heavy atom. The van der Waals surface area contributed by atoms with Crippen molar-refractivity contribution in [3.05, 3.63) is 35.9 Å². The molecule has 3 saturated heterocycles. The second kappa shape index (κ2) is 8.52. The molecule has 3 fully saturated rings. The lowest BCUT2D eigenvalue weighted by Crippen LogP contribution is -2.58. The van der Waals surface area contributed by atoms with Gasteiger partial charge < -0.3 is 19.4 Å². The highest BCUT2D eigenvalue weighted by atomic mass is 16.6. The van der Waals surface area contributed by atoms with Crippen molar-refractivity contribution in [2.75, 3.05) is 26.2 Å². The third-order valence-corrected chi connectivity index (χ3v) is 6.35. The summed E-state index contributed by atoms with van der Waals surface area (Å²) >= 11 is 0. The number of benzene rings is 1. The Morgan fingerprint density at radius 3 is 2.23 bits per heavy atom. The van der Waals surface area contributed by atoms with Gasteiger partial charge in [0.2, 0.25) is 11.8 Å². The van der Waals surface area contributed by atoms with Crippen LogP contribution in [0.15, 0.2) is 30.3 Å². The normalized spacial score (nSPS) is 26.2. The van der Waals surface area contributed by atoms with Crippen molar-refractivity contribution in [3.63, 3.8) is 0 Å². The lowest BCUT2D eigenvalue weighted by molar-refractivity contribution is -0.145. The summed E-state index contributed by atoms with van der Waals surface area (Å²) < 4.78 is 5.54. The van der Waals surface area contributed by atoms with E-state index in [1.807, 2.05) is 56.0 Å². The van der Waals surface area contributed by atoms with E-state index in [2.05, 4.69) is 0 Å². The van der Waals surface area contributed by atoms with Crippen molar-refractivity contribution >= 4 is 17.9 Å². The molecule has 3 aliphatic heterocycles. The fourth-order valence-corrected chi connectivity index (χ4v) is 5.12. The Bertz CT molecular complexity index is 821. The number of hydrogen-bond donors (Lipinski definition) is 0. The number of carbonyl (C=O) groups is 3. The van der Waals surface area contributed by atoms with Crippen LogP contribution >= 0.6 is 0 Å². The summed E-state index contributed by atoms with van der Waals surface area (Å²) in [5.41, 5.74) is 0.530. The molecular weight excluding hydrogens is 394 g/mol. The first kappa shape index (κ1) is 21.7. The average molecular weight is 428 g/mol. The monoisotopic (exact) mass is 427 g/mol. The van der Waals surface area contributed by atoms with Crippen LogP contribution in [-0.2, 0) is 20.9 Å². The van der Waals surface area contributed by atoms with E-state index in [0.717, 1.165) is 12.0 Å². The quantitative estimate of drug-likeness (QED) is 0.744. The zero-order valence-corrected chi connectivity index (χ0v) is 18.8. The van der Waals surface area contributed by atoms with Crippen LogP contribution in [0.2, 0.25) is 0 Å². The summed E-state index contributed by atoms with van der Waals surface area (Å²) in [7, 11) is 0. The average Bonchev–Trinajstić information content (AvgIpc) is 3.06. The van der Waals surface area contributed by atoms with E-state index in [-0.39, 0.29) is 35.8 Å². The third-order valence-electron chi connectivity index (χ3n) is 6.35. The van der Waals surface area contributed by atoms with E-state index in [1.165, 1.54) is 0 Å². The SMILES string of the molecule is CC(C)(C)OC(=O)N1CC2CC(C1)CN(C(=O)[C@@H]1CCC(=O)N1Cc1ccccc1)C2. The van der Waals surface area contributed by atoms with Gasteiger partial charge in [-0.1, -0.05) is 30.3 Å². The van der Waals surface area contributed by atoms with Gasteiger partial charge in [0.15, 0.2) is 0 Å². The molecule has 0 saturated carbocycles. The minimum Gasteiger partial charge on any atom is -0.444 e. The van der Waals surface area contributed by atoms with Crippen molar-refractivity contribution in [3.8, 4) is 0 Å². The Labute approximate surface area is 184 Å². The highest BCUT2D eigenvalue weighted by Gasteiger charge is 2.43. The minimum atomic E-state index is -0.511.